The fraction of sp³-hybridized carbons (Fsp3) is 0.375. The fourth-order valence-electron chi connectivity index (χ4n) is 0.805. The van der Waals surface area contributed by atoms with Crippen LogP contribution in [0.1, 0.15) is 12.5 Å². The summed E-state index contributed by atoms with van der Waals surface area (Å²) in [5.74, 6) is 1.34. The second-order valence-corrected chi connectivity index (χ2v) is 2.31. The van der Waals surface area contributed by atoms with Crippen molar-refractivity contribution in [3.05, 3.63) is 17.8 Å². The maximum absolute atomic E-state index is 5.52. The highest BCUT2D eigenvalue weighted by Crippen LogP contribution is 2.14. The van der Waals surface area contributed by atoms with Gasteiger partial charge in [-0.15, -0.1) is 0 Å². The molecular weight excluding hydrogens is 140 g/mol. The van der Waals surface area contributed by atoms with Crippen LogP contribution in [0.4, 0.5) is 5.82 Å². The Morgan fingerprint density at radius 3 is 2.91 bits per heavy atom. The zero-order valence-electron chi connectivity index (χ0n) is 6.79. The van der Waals surface area contributed by atoms with Crippen molar-refractivity contribution in [2.45, 2.75) is 13.8 Å². The van der Waals surface area contributed by atoms with Gasteiger partial charge in [0.15, 0.2) is 0 Å². The van der Waals surface area contributed by atoms with E-state index in [1.807, 2.05) is 19.9 Å². The molecule has 1 aromatic heterocycles. The van der Waals surface area contributed by atoms with Gasteiger partial charge in [0.25, 0.3) is 0 Å². The topological polar surface area (TPSA) is 48.1 Å². The normalized spacial score (nSPS) is 9.64. The van der Waals surface area contributed by atoms with E-state index in [0.29, 0.717) is 12.4 Å². The number of aryl methyl sites for hydroxylation is 1. The Balaban J connectivity index is 2.86. The predicted octanol–water partition coefficient (Wildman–Crippen LogP) is 1.37. The van der Waals surface area contributed by atoms with Gasteiger partial charge in [-0.2, -0.15) is 0 Å². The van der Waals surface area contributed by atoms with Gasteiger partial charge in [0, 0.05) is 0 Å². The predicted molar refractivity (Wildman–Crippen MR) is 44.6 cm³/mol. The zero-order valence-corrected chi connectivity index (χ0v) is 6.79. The van der Waals surface area contributed by atoms with Crippen molar-refractivity contribution in [3.63, 3.8) is 0 Å². The molecule has 60 valence electrons. The Bertz CT molecular complexity index is 248. The third-order valence-corrected chi connectivity index (χ3v) is 1.40. The molecule has 0 bridgehead atoms. The summed E-state index contributed by atoms with van der Waals surface area (Å²) in [7, 11) is 0. The molecular formula is C8H12N2O. The number of rotatable bonds is 2. The molecule has 3 nitrogen and oxygen atoms in total. The molecule has 1 aromatic rings. The maximum Gasteiger partial charge on any atom is 0.137 e. The van der Waals surface area contributed by atoms with Crippen LogP contribution in [0, 0.1) is 6.92 Å². The second kappa shape index (κ2) is 3.23. The molecule has 0 aromatic carbocycles. The Morgan fingerprint density at radius 1 is 1.64 bits per heavy atom. The highest BCUT2D eigenvalue weighted by Gasteiger charge is 1.96. The minimum absolute atomic E-state index is 0.563. The lowest BCUT2D eigenvalue weighted by Gasteiger charge is -2.03. The molecule has 3 heteroatoms. The molecule has 1 heterocycles. The lowest BCUT2D eigenvalue weighted by Crippen LogP contribution is -1.97. The van der Waals surface area contributed by atoms with Crippen LogP contribution in [0.25, 0.3) is 0 Å². The molecule has 0 saturated carbocycles. The number of ether oxygens (including phenoxy) is 1. The van der Waals surface area contributed by atoms with Crippen LogP contribution in [-0.2, 0) is 0 Å². The van der Waals surface area contributed by atoms with E-state index in [0.717, 1.165) is 11.3 Å². The van der Waals surface area contributed by atoms with Crippen LogP contribution in [0.15, 0.2) is 12.3 Å². The van der Waals surface area contributed by atoms with Crippen molar-refractivity contribution in [1.29, 1.82) is 0 Å². The number of nitrogens with two attached hydrogens (primary N) is 1. The second-order valence-electron chi connectivity index (χ2n) is 2.31. The van der Waals surface area contributed by atoms with E-state index in [4.69, 9.17) is 10.5 Å². The molecule has 0 saturated heterocycles. The molecule has 0 radical (unpaired) electrons. The number of pyridine rings is 1. The molecule has 0 aliphatic heterocycles. The van der Waals surface area contributed by atoms with E-state index < -0.39 is 0 Å². The monoisotopic (exact) mass is 152 g/mol. The first-order valence-electron chi connectivity index (χ1n) is 3.59. The van der Waals surface area contributed by atoms with Crippen LogP contribution in [0.3, 0.4) is 0 Å². The van der Waals surface area contributed by atoms with E-state index in [-0.39, 0.29) is 0 Å². The first-order chi connectivity index (χ1) is 5.24. The molecule has 0 fully saturated rings. The molecule has 0 atom stereocenters. The Labute approximate surface area is 66.2 Å². The summed E-state index contributed by atoms with van der Waals surface area (Å²) in [5, 5.41) is 0. The average molecular weight is 152 g/mol. The van der Waals surface area contributed by atoms with Gasteiger partial charge in [0.2, 0.25) is 0 Å². The molecule has 0 aliphatic rings. The van der Waals surface area contributed by atoms with Crippen LogP contribution < -0.4 is 10.5 Å². The van der Waals surface area contributed by atoms with Gasteiger partial charge in [-0.25, -0.2) is 4.98 Å². The number of hydrogen-bond donors (Lipinski definition) is 1. The summed E-state index contributed by atoms with van der Waals surface area (Å²) >= 11 is 0. The van der Waals surface area contributed by atoms with E-state index in [2.05, 4.69) is 4.98 Å². The van der Waals surface area contributed by atoms with Crippen molar-refractivity contribution in [2.75, 3.05) is 12.3 Å². The third kappa shape index (κ3) is 1.83. The van der Waals surface area contributed by atoms with Crippen LogP contribution in [0.5, 0.6) is 5.75 Å². The van der Waals surface area contributed by atoms with E-state index >= 15 is 0 Å². The van der Waals surface area contributed by atoms with Crippen molar-refractivity contribution in [1.82, 2.24) is 4.98 Å². The fourth-order valence-corrected chi connectivity index (χ4v) is 0.805. The van der Waals surface area contributed by atoms with Gasteiger partial charge in [-0.1, -0.05) is 0 Å². The third-order valence-electron chi connectivity index (χ3n) is 1.40. The number of hydrogen-bond acceptors (Lipinski definition) is 3. The highest BCUT2D eigenvalue weighted by molar-refractivity contribution is 5.41. The number of nitrogens with zero attached hydrogens (tertiary/aromatic N) is 1. The van der Waals surface area contributed by atoms with Crippen molar-refractivity contribution >= 4 is 5.82 Å². The summed E-state index contributed by atoms with van der Waals surface area (Å²) in [6, 6.07) is 1.88. The Hall–Kier alpha value is -1.25. The highest BCUT2D eigenvalue weighted by atomic mass is 16.5. The summed E-state index contributed by atoms with van der Waals surface area (Å²) in [5.41, 5.74) is 6.47. The van der Waals surface area contributed by atoms with Gasteiger partial charge in [-0.3, -0.25) is 0 Å². The molecule has 11 heavy (non-hydrogen) atoms. The Kier molecular flexibility index (Phi) is 2.31. The molecule has 0 spiro atoms. The van der Waals surface area contributed by atoms with Gasteiger partial charge < -0.3 is 10.5 Å². The number of aromatic nitrogens is 1. The SMILES string of the molecule is CCOc1cnc(N)c(C)c1. The van der Waals surface area contributed by atoms with Crippen molar-refractivity contribution < 1.29 is 4.74 Å². The first kappa shape index (κ1) is 7.85. The molecule has 0 amide bonds. The minimum Gasteiger partial charge on any atom is -0.492 e. The standard InChI is InChI=1S/C8H12N2O/c1-3-11-7-4-6(2)8(9)10-5-7/h4-5H,3H2,1-2H3,(H2,9,10). The zero-order chi connectivity index (χ0) is 8.27. The first-order valence-corrected chi connectivity index (χ1v) is 3.59. The van der Waals surface area contributed by atoms with Gasteiger partial charge in [0.1, 0.15) is 11.6 Å². The summed E-state index contributed by atoms with van der Waals surface area (Å²) in [4.78, 5) is 3.95. The van der Waals surface area contributed by atoms with Crippen molar-refractivity contribution in [3.8, 4) is 5.75 Å². The minimum atomic E-state index is 0.563. The number of anilines is 1. The Morgan fingerprint density at radius 2 is 2.36 bits per heavy atom. The van der Waals surface area contributed by atoms with E-state index in [1.165, 1.54) is 0 Å². The quantitative estimate of drug-likeness (QED) is 0.696. The van der Waals surface area contributed by atoms with E-state index in [1.54, 1.807) is 6.20 Å². The number of nitrogen functional groups attached to an aromatic ring is 1. The molecule has 1 rings (SSSR count). The summed E-state index contributed by atoms with van der Waals surface area (Å²) in [6.07, 6.45) is 1.63. The molecule has 0 aliphatic carbocycles. The van der Waals surface area contributed by atoms with Gasteiger partial charge >= 0.3 is 0 Å². The van der Waals surface area contributed by atoms with Crippen LogP contribution in [-0.4, -0.2) is 11.6 Å². The largest absolute Gasteiger partial charge is 0.492 e. The smallest absolute Gasteiger partial charge is 0.137 e. The van der Waals surface area contributed by atoms with Gasteiger partial charge in [0.05, 0.1) is 12.8 Å². The molecule has 0 unspecified atom stereocenters. The average Bonchev–Trinajstić information content (AvgIpc) is 1.98. The van der Waals surface area contributed by atoms with Crippen molar-refractivity contribution in [2.24, 2.45) is 0 Å². The van der Waals surface area contributed by atoms with Gasteiger partial charge in [-0.05, 0) is 25.5 Å². The lowest BCUT2D eigenvalue weighted by atomic mass is 10.3. The lowest BCUT2D eigenvalue weighted by molar-refractivity contribution is 0.338. The molecule has 2 N–H and O–H groups in total. The summed E-state index contributed by atoms with van der Waals surface area (Å²) < 4.78 is 5.22. The summed E-state index contributed by atoms with van der Waals surface area (Å²) in [6.45, 7) is 4.50. The van der Waals surface area contributed by atoms with E-state index in [9.17, 15) is 0 Å². The maximum atomic E-state index is 5.52. The van der Waals surface area contributed by atoms with Crippen LogP contribution >= 0.6 is 0 Å². The van der Waals surface area contributed by atoms with Crippen LogP contribution in [0.2, 0.25) is 0 Å².